The Balaban J connectivity index is 2.86. The Hall–Kier alpha value is -1.61. The first-order chi connectivity index (χ1) is 17.7. The van der Waals surface area contributed by atoms with E-state index in [2.05, 4.69) is 70.2 Å². The molecule has 0 saturated carbocycles. The van der Waals surface area contributed by atoms with Crippen LogP contribution in [0.25, 0.3) is 6.08 Å². The smallest absolute Gasteiger partial charge is 0.230 e. The number of allylic oxidation sites excluding steroid dienone is 1. The fourth-order valence-corrected chi connectivity index (χ4v) is 6.17. The van der Waals surface area contributed by atoms with Crippen molar-refractivity contribution in [1.82, 2.24) is 4.98 Å². The lowest BCUT2D eigenvalue weighted by molar-refractivity contribution is -0.143. The van der Waals surface area contributed by atoms with Gasteiger partial charge >= 0.3 is 0 Å². The van der Waals surface area contributed by atoms with Gasteiger partial charge in [-0.15, -0.1) is 11.3 Å². The number of carbonyl (C=O) groups is 2. The van der Waals surface area contributed by atoms with Gasteiger partial charge in [0.25, 0.3) is 0 Å². The number of nitrogens with two attached hydrogens (primary N) is 1. The molecule has 39 heavy (non-hydrogen) atoms. The Bertz CT molecular complexity index is 1040. The number of aliphatic hydroxyl groups excluding tert-OH is 1. The monoisotopic (exact) mass is 578 g/mol. The lowest BCUT2D eigenvalue weighted by atomic mass is 9.76. The van der Waals surface area contributed by atoms with Crippen molar-refractivity contribution in [2.75, 3.05) is 0 Å². The van der Waals surface area contributed by atoms with Crippen molar-refractivity contribution in [3.8, 4) is 0 Å². The Morgan fingerprint density at radius 3 is 2.26 bits per heavy atom. The molecule has 3 N–H and O–H groups in total. The van der Waals surface area contributed by atoms with E-state index in [4.69, 9.17) is 10.2 Å². The largest absolute Gasteiger partial charge is 0.410 e. The Morgan fingerprint density at radius 1 is 1.18 bits per heavy atom. The zero-order valence-corrected chi connectivity index (χ0v) is 28.3. The highest BCUT2D eigenvalue weighted by Crippen LogP contribution is 2.39. The van der Waals surface area contributed by atoms with E-state index in [9.17, 15) is 14.7 Å². The van der Waals surface area contributed by atoms with Crippen molar-refractivity contribution in [2.45, 2.75) is 125 Å². The van der Waals surface area contributed by atoms with Crippen LogP contribution >= 0.6 is 11.3 Å². The molecule has 1 aromatic heterocycles. The normalized spacial score (nSPS) is 17.1. The first-order valence-corrected chi connectivity index (χ1v) is 18.0. The third-order valence-corrected chi connectivity index (χ3v) is 13.7. The van der Waals surface area contributed by atoms with Gasteiger partial charge in [-0.2, -0.15) is 0 Å². The van der Waals surface area contributed by atoms with E-state index >= 15 is 0 Å². The predicted molar refractivity (Wildman–Crippen MR) is 167 cm³/mol. The molecule has 4 atom stereocenters. The molecule has 0 spiro atoms. The molecule has 0 saturated heterocycles. The van der Waals surface area contributed by atoms with Gasteiger partial charge in [-0.05, 0) is 96.0 Å². The summed E-state index contributed by atoms with van der Waals surface area (Å²) in [6.45, 7) is 24.4. The van der Waals surface area contributed by atoms with E-state index < -0.39 is 31.7 Å². The number of aromatic nitrogens is 1. The summed E-state index contributed by atoms with van der Waals surface area (Å²) in [5.41, 5.74) is 7.57. The third kappa shape index (κ3) is 10.4. The second-order valence-corrected chi connectivity index (χ2v) is 19.2. The maximum atomic E-state index is 12.7. The average Bonchev–Trinajstić information content (AvgIpc) is 3.23. The first-order valence-electron chi connectivity index (χ1n) is 14.2. The van der Waals surface area contributed by atoms with E-state index in [0.29, 0.717) is 0 Å². The fourth-order valence-electron chi connectivity index (χ4n) is 4.25. The van der Waals surface area contributed by atoms with Gasteiger partial charge in [0.1, 0.15) is 5.41 Å². The van der Waals surface area contributed by atoms with Crippen molar-refractivity contribution in [2.24, 2.45) is 23.0 Å². The molecule has 0 aliphatic rings. The zero-order valence-electron chi connectivity index (χ0n) is 26.5. The second kappa shape index (κ2) is 14.3. The number of thiazole rings is 1. The van der Waals surface area contributed by atoms with Crippen LogP contribution in [0.2, 0.25) is 18.1 Å². The van der Waals surface area contributed by atoms with Crippen LogP contribution in [0.3, 0.4) is 0 Å². The van der Waals surface area contributed by atoms with E-state index in [1.807, 2.05) is 13.8 Å². The number of aryl methyl sites for hydroxylation is 1. The number of primary amides is 1. The van der Waals surface area contributed by atoms with E-state index in [-0.39, 0.29) is 22.8 Å². The summed E-state index contributed by atoms with van der Waals surface area (Å²) in [6, 6.07) is 0. The van der Waals surface area contributed by atoms with E-state index in [0.717, 1.165) is 36.4 Å². The quantitative estimate of drug-likeness (QED) is 0.128. The molecule has 6 nitrogen and oxygen atoms in total. The summed E-state index contributed by atoms with van der Waals surface area (Å²) < 4.78 is 6.86. The molecule has 1 rings (SSSR count). The average molecular weight is 579 g/mol. The van der Waals surface area contributed by atoms with Crippen molar-refractivity contribution in [3.63, 3.8) is 0 Å². The Labute approximate surface area is 242 Å². The Morgan fingerprint density at radius 2 is 1.77 bits per heavy atom. The summed E-state index contributed by atoms with van der Waals surface area (Å²) in [5, 5.41) is 14.0. The molecule has 0 aliphatic carbocycles. The molecule has 0 fully saturated rings. The van der Waals surface area contributed by atoms with Crippen molar-refractivity contribution in [1.29, 1.82) is 0 Å². The number of Topliss-reactive ketones (excluding diaryl/α,β-unsaturated/α-hetero) is 1. The molecule has 0 aromatic carbocycles. The summed E-state index contributed by atoms with van der Waals surface area (Å²) in [5.74, 6) is -1.69. The summed E-state index contributed by atoms with van der Waals surface area (Å²) in [4.78, 5) is 29.0. The lowest BCUT2D eigenvalue weighted by Crippen LogP contribution is -2.45. The topological polar surface area (TPSA) is 103 Å². The van der Waals surface area contributed by atoms with Crippen LogP contribution in [0.15, 0.2) is 22.6 Å². The molecular weight excluding hydrogens is 525 g/mol. The van der Waals surface area contributed by atoms with Gasteiger partial charge in [-0.25, -0.2) is 4.98 Å². The highest BCUT2D eigenvalue weighted by molar-refractivity contribution is 7.09. The number of ketones is 1. The molecule has 0 bridgehead atoms. The van der Waals surface area contributed by atoms with Crippen molar-refractivity contribution in [3.05, 3.63) is 33.3 Å². The van der Waals surface area contributed by atoms with Gasteiger partial charge < -0.3 is 15.3 Å². The van der Waals surface area contributed by atoms with Gasteiger partial charge in [0, 0.05) is 11.3 Å². The minimum atomic E-state index is -1.98. The minimum absolute atomic E-state index is 0.0101. The molecule has 1 amide bonds. The third-order valence-electron chi connectivity index (χ3n) is 8.42. The zero-order chi connectivity index (χ0) is 30.3. The van der Waals surface area contributed by atoms with Gasteiger partial charge in [-0.3, -0.25) is 9.59 Å². The maximum absolute atomic E-state index is 12.7. The number of rotatable bonds is 15. The number of nitrogens with zero attached hydrogens (tertiary/aromatic N) is 1. The minimum Gasteiger partial charge on any atom is -0.410 e. The summed E-state index contributed by atoms with van der Waals surface area (Å²) in [6.07, 6.45) is 7.01. The SMILES string of the molecule is CC(=CC[C@H](O[Si](C)(C)C(C)(C)C)C(C)=Cc1csc(C)n1)CCCC(C)C(O)C(C)C(=O)C(C)(C)C(N)=O. The van der Waals surface area contributed by atoms with E-state index in [1.54, 1.807) is 18.3 Å². The predicted octanol–water partition coefficient (Wildman–Crippen LogP) is 7.47. The van der Waals surface area contributed by atoms with Crippen molar-refractivity contribution >= 4 is 37.4 Å². The molecule has 0 aliphatic heterocycles. The van der Waals surface area contributed by atoms with Gasteiger partial charge in [0.2, 0.25) is 5.91 Å². The number of amides is 1. The number of hydrogen-bond acceptors (Lipinski definition) is 6. The highest BCUT2D eigenvalue weighted by atomic mass is 32.1. The fraction of sp³-hybridized carbons (Fsp3) is 0.710. The Kier molecular flexibility index (Phi) is 13.0. The highest BCUT2D eigenvalue weighted by Gasteiger charge is 2.41. The molecule has 1 aromatic rings. The van der Waals surface area contributed by atoms with Crippen LogP contribution in [0.1, 0.15) is 98.7 Å². The number of hydrogen-bond donors (Lipinski definition) is 2. The maximum Gasteiger partial charge on any atom is 0.230 e. The molecule has 222 valence electrons. The standard InChI is InChI=1S/C31H54N2O4SSi/c1-20(14-13-15-21(2)27(34)23(4)28(35)31(9,10)29(32)36)16-17-26(37-39(11,12)30(6,7)8)22(3)18-25-19-38-24(5)33-25/h16,18-19,21,23,26-27,34H,13-15,17H2,1-12H3,(H2,32,36)/t21?,23?,26-,27?/m0/s1. The summed E-state index contributed by atoms with van der Waals surface area (Å²) in [7, 11) is -1.98. The summed E-state index contributed by atoms with van der Waals surface area (Å²) >= 11 is 1.66. The van der Waals surface area contributed by atoms with Crippen LogP contribution in [0.4, 0.5) is 0 Å². The van der Waals surface area contributed by atoms with E-state index in [1.165, 1.54) is 25.0 Å². The van der Waals surface area contributed by atoms with Gasteiger partial charge in [0.15, 0.2) is 14.1 Å². The lowest BCUT2D eigenvalue weighted by Gasteiger charge is -2.39. The molecular formula is C31H54N2O4SSi. The molecule has 8 heteroatoms. The number of carbonyl (C=O) groups excluding carboxylic acids is 2. The molecule has 3 unspecified atom stereocenters. The van der Waals surface area contributed by atoms with Crippen LogP contribution in [0.5, 0.6) is 0 Å². The van der Waals surface area contributed by atoms with Gasteiger partial charge in [-0.1, -0.05) is 46.3 Å². The molecule has 0 radical (unpaired) electrons. The molecule has 1 heterocycles. The van der Waals surface area contributed by atoms with Gasteiger partial charge in [0.05, 0.1) is 22.9 Å². The first kappa shape index (κ1) is 35.4. The van der Waals surface area contributed by atoms with Crippen LogP contribution in [0, 0.1) is 24.2 Å². The second-order valence-electron chi connectivity index (χ2n) is 13.3. The van der Waals surface area contributed by atoms with Crippen LogP contribution in [-0.2, 0) is 14.0 Å². The number of aliphatic hydroxyl groups is 1. The van der Waals surface area contributed by atoms with Crippen LogP contribution in [-0.4, -0.2) is 42.3 Å². The van der Waals surface area contributed by atoms with Crippen LogP contribution < -0.4 is 5.73 Å². The van der Waals surface area contributed by atoms with Crippen molar-refractivity contribution < 1.29 is 19.1 Å².